The molecule has 8 heteroatoms. The fraction of sp³-hybridized carbons (Fsp3) is 0.250. The summed E-state index contributed by atoms with van der Waals surface area (Å²) >= 11 is 0. The molecule has 126 valence electrons. The first-order valence-electron chi connectivity index (χ1n) is 7.47. The van der Waals surface area contributed by atoms with Gasteiger partial charge in [-0.15, -0.1) is 0 Å². The van der Waals surface area contributed by atoms with Crippen molar-refractivity contribution in [3.63, 3.8) is 0 Å². The summed E-state index contributed by atoms with van der Waals surface area (Å²) in [7, 11) is -1.88. The zero-order valence-corrected chi connectivity index (χ0v) is 14.6. The van der Waals surface area contributed by atoms with E-state index >= 15 is 0 Å². The van der Waals surface area contributed by atoms with Gasteiger partial charge in [-0.05, 0) is 26.0 Å². The molecule has 0 spiro atoms. The van der Waals surface area contributed by atoms with Crippen molar-refractivity contribution >= 4 is 10.0 Å². The van der Waals surface area contributed by atoms with E-state index in [2.05, 4.69) is 14.9 Å². The summed E-state index contributed by atoms with van der Waals surface area (Å²) in [6, 6.07) is 9.46. The second-order valence-electron chi connectivity index (χ2n) is 5.59. The summed E-state index contributed by atoms with van der Waals surface area (Å²) in [5.41, 5.74) is 2.67. The van der Waals surface area contributed by atoms with Crippen molar-refractivity contribution < 1.29 is 8.42 Å². The van der Waals surface area contributed by atoms with E-state index in [0.717, 1.165) is 11.3 Å². The summed E-state index contributed by atoms with van der Waals surface area (Å²) in [6.07, 6.45) is 3.41. The Morgan fingerprint density at radius 1 is 1.17 bits per heavy atom. The summed E-state index contributed by atoms with van der Waals surface area (Å²) in [4.78, 5) is 0.218. The second kappa shape index (κ2) is 6.21. The number of aromatic nitrogens is 4. The molecule has 0 bridgehead atoms. The van der Waals surface area contributed by atoms with Crippen LogP contribution in [0.25, 0.3) is 5.69 Å². The minimum atomic E-state index is -3.67. The lowest BCUT2D eigenvalue weighted by Crippen LogP contribution is -2.24. The number of sulfonamides is 1. The highest BCUT2D eigenvalue weighted by molar-refractivity contribution is 7.89. The molecule has 0 saturated carbocycles. The Balaban J connectivity index is 1.92. The van der Waals surface area contributed by atoms with Crippen molar-refractivity contribution in [1.82, 2.24) is 24.3 Å². The average molecular weight is 345 g/mol. The minimum absolute atomic E-state index is 0.186. The van der Waals surface area contributed by atoms with Crippen LogP contribution in [-0.4, -0.2) is 28.0 Å². The zero-order valence-electron chi connectivity index (χ0n) is 13.8. The Morgan fingerprint density at radius 2 is 1.88 bits per heavy atom. The SMILES string of the molecule is Cc1nn(-c2ccccc2)c(C)c1S(=O)(=O)NCc1cnn(C)c1. The highest BCUT2D eigenvalue weighted by Crippen LogP contribution is 2.22. The van der Waals surface area contributed by atoms with Crippen LogP contribution in [-0.2, 0) is 23.6 Å². The average Bonchev–Trinajstić information content (AvgIpc) is 3.09. The van der Waals surface area contributed by atoms with Gasteiger partial charge in [-0.3, -0.25) is 4.68 Å². The molecule has 7 nitrogen and oxygen atoms in total. The molecule has 0 aliphatic carbocycles. The third kappa shape index (κ3) is 3.10. The van der Waals surface area contributed by atoms with Crippen LogP contribution in [0.3, 0.4) is 0 Å². The molecule has 1 N–H and O–H groups in total. The first-order chi connectivity index (χ1) is 11.4. The van der Waals surface area contributed by atoms with Gasteiger partial charge >= 0.3 is 0 Å². The van der Waals surface area contributed by atoms with E-state index in [-0.39, 0.29) is 11.4 Å². The molecule has 2 aromatic heterocycles. The third-order valence-corrected chi connectivity index (χ3v) is 5.37. The number of nitrogens with zero attached hydrogens (tertiary/aromatic N) is 4. The molecule has 0 unspecified atom stereocenters. The number of aryl methyl sites for hydroxylation is 2. The molecule has 0 aliphatic heterocycles. The zero-order chi connectivity index (χ0) is 17.3. The van der Waals surface area contributed by atoms with E-state index in [9.17, 15) is 8.42 Å². The number of para-hydroxylation sites is 1. The van der Waals surface area contributed by atoms with Crippen LogP contribution in [0.2, 0.25) is 0 Å². The molecule has 0 atom stereocenters. The lowest BCUT2D eigenvalue weighted by atomic mass is 10.3. The summed E-state index contributed by atoms with van der Waals surface area (Å²) in [5.74, 6) is 0. The normalized spacial score (nSPS) is 11.8. The maximum absolute atomic E-state index is 12.7. The quantitative estimate of drug-likeness (QED) is 0.763. The Kier molecular flexibility index (Phi) is 4.25. The molecule has 0 fully saturated rings. The van der Waals surface area contributed by atoms with Gasteiger partial charge in [-0.1, -0.05) is 18.2 Å². The van der Waals surface area contributed by atoms with Crippen LogP contribution in [0, 0.1) is 13.8 Å². The van der Waals surface area contributed by atoms with E-state index in [1.807, 2.05) is 30.3 Å². The molecule has 3 rings (SSSR count). The first-order valence-corrected chi connectivity index (χ1v) is 8.95. The number of hydrogen-bond donors (Lipinski definition) is 1. The van der Waals surface area contributed by atoms with E-state index in [1.54, 1.807) is 42.7 Å². The van der Waals surface area contributed by atoms with Gasteiger partial charge in [0.2, 0.25) is 10.0 Å². The fourth-order valence-corrected chi connectivity index (χ4v) is 4.06. The maximum atomic E-state index is 12.7. The standard InChI is InChI=1S/C16H19N5O2S/c1-12-16(13(2)21(19-12)15-7-5-4-6-8-15)24(22,23)18-10-14-9-17-20(3)11-14/h4-9,11,18H,10H2,1-3H3. The number of hydrogen-bond acceptors (Lipinski definition) is 4. The van der Waals surface area contributed by atoms with Crippen molar-refractivity contribution in [1.29, 1.82) is 0 Å². The molecule has 0 amide bonds. The Bertz CT molecular complexity index is 958. The molecule has 3 aromatic rings. The van der Waals surface area contributed by atoms with Gasteiger partial charge in [-0.25, -0.2) is 17.8 Å². The van der Waals surface area contributed by atoms with E-state index < -0.39 is 10.0 Å². The van der Waals surface area contributed by atoms with Crippen molar-refractivity contribution in [2.75, 3.05) is 0 Å². The van der Waals surface area contributed by atoms with Crippen LogP contribution in [0.4, 0.5) is 0 Å². The van der Waals surface area contributed by atoms with E-state index in [4.69, 9.17) is 0 Å². The topological polar surface area (TPSA) is 81.8 Å². The Morgan fingerprint density at radius 3 is 2.50 bits per heavy atom. The lowest BCUT2D eigenvalue weighted by Gasteiger charge is -2.07. The largest absolute Gasteiger partial charge is 0.275 e. The van der Waals surface area contributed by atoms with Gasteiger partial charge in [0.25, 0.3) is 0 Å². The predicted octanol–water partition coefficient (Wildman–Crippen LogP) is 1.70. The van der Waals surface area contributed by atoms with Crippen molar-refractivity contribution in [3.8, 4) is 5.69 Å². The van der Waals surface area contributed by atoms with Crippen LogP contribution >= 0.6 is 0 Å². The molecule has 0 saturated heterocycles. The summed E-state index contributed by atoms with van der Waals surface area (Å²) < 4.78 is 31.3. The first kappa shape index (κ1) is 16.4. The van der Waals surface area contributed by atoms with Gasteiger partial charge in [0, 0.05) is 25.4 Å². The van der Waals surface area contributed by atoms with Gasteiger partial charge in [0.15, 0.2) is 0 Å². The summed E-state index contributed by atoms with van der Waals surface area (Å²) in [5, 5.41) is 8.42. The molecule has 24 heavy (non-hydrogen) atoms. The van der Waals surface area contributed by atoms with Crippen molar-refractivity contribution in [3.05, 3.63) is 59.7 Å². The molecule has 0 radical (unpaired) electrons. The van der Waals surface area contributed by atoms with Gasteiger partial charge in [0.05, 0.1) is 23.3 Å². The van der Waals surface area contributed by atoms with Gasteiger partial charge in [-0.2, -0.15) is 10.2 Å². The van der Waals surface area contributed by atoms with E-state index in [0.29, 0.717) is 11.4 Å². The van der Waals surface area contributed by atoms with Crippen LogP contribution < -0.4 is 4.72 Å². The molecule has 0 aliphatic rings. The fourth-order valence-electron chi connectivity index (χ4n) is 2.65. The summed E-state index contributed by atoms with van der Waals surface area (Å²) in [6.45, 7) is 3.64. The van der Waals surface area contributed by atoms with Crippen molar-refractivity contribution in [2.45, 2.75) is 25.3 Å². The van der Waals surface area contributed by atoms with Crippen molar-refractivity contribution in [2.24, 2.45) is 7.05 Å². The number of nitrogens with one attached hydrogen (secondary N) is 1. The predicted molar refractivity (Wildman–Crippen MR) is 90.3 cm³/mol. The van der Waals surface area contributed by atoms with Gasteiger partial charge < -0.3 is 0 Å². The van der Waals surface area contributed by atoms with Crippen LogP contribution in [0.15, 0.2) is 47.6 Å². The second-order valence-corrected chi connectivity index (χ2v) is 7.30. The molecule has 2 heterocycles. The Labute approximate surface area is 141 Å². The monoisotopic (exact) mass is 345 g/mol. The lowest BCUT2D eigenvalue weighted by molar-refractivity contribution is 0.580. The highest BCUT2D eigenvalue weighted by Gasteiger charge is 2.25. The third-order valence-electron chi connectivity index (χ3n) is 3.72. The molecular formula is C16H19N5O2S. The van der Waals surface area contributed by atoms with Gasteiger partial charge in [0.1, 0.15) is 4.90 Å². The highest BCUT2D eigenvalue weighted by atomic mass is 32.2. The molecular weight excluding hydrogens is 326 g/mol. The molecule has 1 aromatic carbocycles. The minimum Gasteiger partial charge on any atom is -0.275 e. The smallest absolute Gasteiger partial charge is 0.244 e. The van der Waals surface area contributed by atoms with Crippen LogP contribution in [0.5, 0.6) is 0 Å². The Hall–Kier alpha value is -2.45. The van der Waals surface area contributed by atoms with Crippen LogP contribution in [0.1, 0.15) is 17.0 Å². The maximum Gasteiger partial charge on any atom is 0.244 e. The number of rotatable bonds is 5. The van der Waals surface area contributed by atoms with E-state index in [1.165, 1.54) is 0 Å². The number of benzene rings is 1.